The first-order valence-corrected chi connectivity index (χ1v) is 6.51. The molecule has 0 aliphatic heterocycles. The summed E-state index contributed by atoms with van der Waals surface area (Å²) >= 11 is 4.89. The zero-order chi connectivity index (χ0) is 14.5. The van der Waals surface area contributed by atoms with E-state index in [1.807, 2.05) is 6.92 Å². The molecule has 104 valence electrons. The monoisotopic (exact) mass is 291 g/mol. The van der Waals surface area contributed by atoms with Crippen LogP contribution in [0.15, 0.2) is 42.5 Å². The molecule has 0 aliphatic carbocycles. The van der Waals surface area contributed by atoms with E-state index in [9.17, 15) is 4.39 Å². The Hall–Kier alpha value is -2.14. The maximum atomic E-state index is 13.2. The van der Waals surface area contributed by atoms with Crippen molar-refractivity contribution in [3.63, 3.8) is 0 Å². The van der Waals surface area contributed by atoms with Crippen molar-refractivity contribution in [2.45, 2.75) is 6.92 Å². The minimum atomic E-state index is -0.410. The maximum absolute atomic E-state index is 13.2. The summed E-state index contributed by atoms with van der Waals surface area (Å²) in [5, 5.41) is 0. The summed E-state index contributed by atoms with van der Waals surface area (Å²) in [6, 6.07) is 11.2. The first kappa shape index (κ1) is 14.3. The van der Waals surface area contributed by atoms with Gasteiger partial charge in [0.05, 0.1) is 12.2 Å². The second kappa shape index (κ2) is 6.34. The van der Waals surface area contributed by atoms with Crippen LogP contribution in [0, 0.1) is 5.82 Å². The van der Waals surface area contributed by atoms with Gasteiger partial charge in [0.25, 0.3) is 0 Å². The zero-order valence-corrected chi connectivity index (χ0v) is 11.7. The Morgan fingerprint density at radius 3 is 2.40 bits per heavy atom. The Morgan fingerprint density at radius 1 is 1.15 bits per heavy atom. The molecule has 0 atom stereocenters. The predicted molar refractivity (Wildman–Crippen MR) is 80.0 cm³/mol. The molecule has 0 unspecified atom stereocenters. The van der Waals surface area contributed by atoms with Crippen molar-refractivity contribution in [1.29, 1.82) is 0 Å². The molecular formula is C15H14FNO2S. The molecule has 0 saturated carbocycles. The normalized spacial score (nSPS) is 10.1. The van der Waals surface area contributed by atoms with Gasteiger partial charge in [0.1, 0.15) is 28.1 Å². The van der Waals surface area contributed by atoms with Crippen molar-refractivity contribution in [1.82, 2.24) is 0 Å². The van der Waals surface area contributed by atoms with Gasteiger partial charge in [-0.3, -0.25) is 0 Å². The third-order valence-electron chi connectivity index (χ3n) is 2.57. The van der Waals surface area contributed by atoms with Crippen LogP contribution in [0.5, 0.6) is 17.2 Å². The molecular weight excluding hydrogens is 277 g/mol. The second-order valence-electron chi connectivity index (χ2n) is 4.01. The van der Waals surface area contributed by atoms with Gasteiger partial charge in [0.15, 0.2) is 0 Å². The Bertz CT molecular complexity index is 614. The van der Waals surface area contributed by atoms with Gasteiger partial charge < -0.3 is 15.2 Å². The average molecular weight is 291 g/mol. The smallest absolute Gasteiger partial charge is 0.137 e. The van der Waals surface area contributed by atoms with Crippen molar-refractivity contribution < 1.29 is 13.9 Å². The third-order valence-corrected chi connectivity index (χ3v) is 2.79. The van der Waals surface area contributed by atoms with Gasteiger partial charge >= 0.3 is 0 Å². The molecule has 0 saturated heterocycles. The Labute approximate surface area is 122 Å². The molecule has 2 aromatic carbocycles. The summed E-state index contributed by atoms with van der Waals surface area (Å²) < 4.78 is 24.2. The van der Waals surface area contributed by atoms with Crippen LogP contribution in [-0.4, -0.2) is 11.6 Å². The van der Waals surface area contributed by atoms with Crippen LogP contribution in [0.2, 0.25) is 0 Å². The van der Waals surface area contributed by atoms with Crippen LogP contribution in [0.3, 0.4) is 0 Å². The van der Waals surface area contributed by atoms with Crippen molar-refractivity contribution in [3.8, 4) is 17.2 Å². The molecule has 0 aliphatic rings. The van der Waals surface area contributed by atoms with E-state index in [4.69, 9.17) is 27.4 Å². The van der Waals surface area contributed by atoms with Crippen molar-refractivity contribution in [2.75, 3.05) is 6.61 Å². The fourth-order valence-electron chi connectivity index (χ4n) is 1.68. The second-order valence-corrected chi connectivity index (χ2v) is 4.45. The number of ether oxygens (including phenoxy) is 2. The average Bonchev–Trinajstić information content (AvgIpc) is 2.43. The van der Waals surface area contributed by atoms with Gasteiger partial charge in [-0.25, -0.2) is 4.39 Å². The molecule has 2 aromatic rings. The minimum absolute atomic E-state index is 0.0884. The number of hydrogen-bond donors (Lipinski definition) is 1. The molecule has 2 rings (SSSR count). The van der Waals surface area contributed by atoms with Crippen LogP contribution in [0.25, 0.3) is 0 Å². The predicted octanol–water partition coefficient (Wildman–Crippen LogP) is 3.65. The van der Waals surface area contributed by atoms with Gasteiger partial charge in [0, 0.05) is 0 Å². The summed E-state index contributed by atoms with van der Waals surface area (Å²) in [6.45, 7) is 2.52. The van der Waals surface area contributed by atoms with Crippen LogP contribution in [0.1, 0.15) is 12.5 Å². The topological polar surface area (TPSA) is 44.5 Å². The van der Waals surface area contributed by atoms with Crippen molar-refractivity contribution in [3.05, 3.63) is 53.8 Å². The van der Waals surface area contributed by atoms with E-state index in [1.54, 1.807) is 24.3 Å². The van der Waals surface area contributed by atoms with Gasteiger partial charge in [-0.05, 0) is 49.4 Å². The SMILES string of the molecule is CCOc1ccc(Oc2ccc(F)cc2C(N)=S)cc1. The number of hydrogen-bond acceptors (Lipinski definition) is 3. The molecule has 0 radical (unpaired) electrons. The van der Waals surface area contributed by atoms with E-state index in [1.165, 1.54) is 18.2 Å². The first-order chi connectivity index (χ1) is 9.60. The Morgan fingerprint density at radius 2 is 1.80 bits per heavy atom. The highest BCUT2D eigenvalue weighted by atomic mass is 32.1. The van der Waals surface area contributed by atoms with E-state index in [-0.39, 0.29) is 4.99 Å². The van der Waals surface area contributed by atoms with Crippen LogP contribution in [0.4, 0.5) is 4.39 Å². The van der Waals surface area contributed by atoms with Gasteiger partial charge in [-0.15, -0.1) is 0 Å². The first-order valence-electron chi connectivity index (χ1n) is 6.10. The summed E-state index contributed by atoms with van der Waals surface area (Å²) in [5.41, 5.74) is 5.93. The lowest BCUT2D eigenvalue weighted by Crippen LogP contribution is -2.11. The fraction of sp³-hybridized carbons (Fsp3) is 0.133. The van der Waals surface area contributed by atoms with Crippen LogP contribution < -0.4 is 15.2 Å². The highest BCUT2D eigenvalue weighted by Crippen LogP contribution is 2.27. The molecule has 0 spiro atoms. The van der Waals surface area contributed by atoms with E-state index in [2.05, 4.69) is 0 Å². The third kappa shape index (κ3) is 3.45. The van der Waals surface area contributed by atoms with Crippen LogP contribution >= 0.6 is 12.2 Å². The number of halogens is 1. The molecule has 0 bridgehead atoms. The minimum Gasteiger partial charge on any atom is -0.494 e. The number of benzene rings is 2. The lowest BCUT2D eigenvalue weighted by Gasteiger charge is -2.11. The Balaban J connectivity index is 2.23. The van der Waals surface area contributed by atoms with Gasteiger partial charge in [0.2, 0.25) is 0 Å². The number of rotatable bonds is 5. The highest BCUT2D eigenvalue weighted by Gasteiger charge is 2.09. The fourth-order valence-corrected chi connectivity index (χ4v) is 1.84. The van der Waals surface area contributed by atoms with E-state index >= 15 is 0 Å². The Kier molecular flexibility index (Phi) is 4.53. The van der Waals surface area contributed by atoms with E-state index < -0.39 is 5.82 Å². The van der Waals surface area contributed by atoms with E-state index in [0.29, 0.717) is 23.7 Å². The summed E-state index contributed by atoms with van der Waals surface area (Å²) in [5.74, 6) is 1.36. The summed E-state index contributed by atoms with van der Waals surface area (Å²) in [7, 11) is 0. The molecule has 3 nitrogen and oxygen atoms in total. The van der Waals surface area contributed by atoms with Gasteiger partial charge in [-0.1, -0.05) is 12.2 Å². The molecule has 5 heteroatoms. The molecule has 0 heterocycles. The van der Waals surface area contributed by atoms with Gasteiger partial charge in [-0.2, -0.15) is 0 Å². The molecule has 0 fully saturated rings. The molecule has 0 amide bonds. The zero-order valence-electron chi connectivity index (χ0n) is 10.9. The van der Waals surface area contributed by atoms with Crippen molar-refractivity contribution >= 4 is 17.2 Å². The lowest BCUT2D eigenvalue weighted by atomic mass is 10.2. The standard InChI is InChI=1S/C15H14FNO2S/c1-2-18-11-4-6-12(7-5-11)19-14-8-3-10(16)9-13(14)15(17)20/h3-9H,2H2,1H3,(H2,17,20). The van der Waals surface area contributed by atoms with E-state index in [0.717, 1.165) is 5.75 Å². The summed E-state index contributed by atoms with van der Waals surface area (Å²) in [4.78, 5) is 0.0884. The largest absolute Gasteiger partial charge is 0.494 e. The maximum Gasteiger partial charge on any atom is 0.137 e. The highest BCUT2D eigenvalue weighted by molar-refractivity contribution is 7.80. The number of nitrogens with two attached hydrogens (primary N) is 1. The van der Waals surface area contributed by atoms with Crippen LogP contribution in [-0.2, 0) is 0 Å². The summed E-state index contributed by atoms with van der Waals surface area (Å²) in [6.07, 6.45) is 0. The molecule has 20 heavy (non-hydrogen) atoms. The molecule has 0 aromatic heterocycles. The molecule has 2 N–H and O–H groups in total. The number of thiocarbonyl (C=S) groups is 1. The quantitative estimate of drug-likeness (QED) is 0.854. The van der Waals surface area contributed by atoms with Crippen molar-refractivity contribution in [2.24, 2.45) is 5.73 Å². The lowest BCUT2D eigenvalue weighted by molar-refractivity contribution is 0.339.